The number of hydrogen-bond donors (Lipinski definition) is 2. The Morgan fingerprint density at radius 3 is 1.86 bits per heavy atom. The van der Waals surface area contributed by atoms with Gasteiger partial charge in [0, 0.05) is 0 Å². The van der Waals surface area contributed by atoms with Crippen LogP contribution in [0.25, 0.3) is 0 Å². The maximum absolute atomic E-state index is 8.96. The van der Waals surface area contributed by atoms with Crippen LogP contribution in [0.5, 0.6) is 0 Å². The summed E-state index contributed by atoms with van der Waals surface area (Å²) in [5.74, 6) is 0. The summed E-state index contributed by atoms with van der Waals surface area (Å²) in [5.41, 5.74) is 0. The first kappa shape index (κ1) is 30.1. The van der Waals surface area contributed by atoms with Crippen LogP contribution in [0, 0.1) is 0 Å². The molecule has 0 radical (unpaired) electrons. The van der Waals surface area contributed by atoms with E-state index in [-0.39, 0.29) is 22.7 Å². The van der Waals surface area contributed by atoms with Crippen molar-refractivity contribution in [3.63, 3.8) is 0 Å². The molecular formula is C15H40O6Po2Si5. The Hall–Kier alpha value is 2.06. The quantitative estimate of drug-likeness (QED) is 0.111. The van der Waals surface area contributed by atoms with E-state index in [4.69, 9.17) is 24.0 Å². The Balaban J connectivity index is 3.82. The van der Waals surface area contributed by atoms with Gasteiger partial charge in [0.15, 0.2) is 0 Å². The molecule has 0 aliphatic heterocycles. The van der Waals surface area contributed by atoms with Crippen LogP contribution in [0.1, 0.15) is 12.8 Å². The van der Waals surface area contributed by atoms with Crippen molar-refractivity contribution < 1.29 is 24.0 Å². The molecule has 0 amide bonds. The first-order chi connectivity index (χ1) is 13.3. The molecule has 0 atom stereocenters. The second-order valence-electron chi connectivity index (χ2n) is 7.64. The summed E-state index contributed by atoms with van der Waals surface area (Å²) >= 11 is -1.45. The summed E-state index contributed by atoms with van der Waals surface area (Å²) in [6.07, 6.45) is 3.67. The molecule has 2 N–H and O–H groups in total. The van der Waals surface area contributed by atoms with Crippen LogP contribution < -0.4 is 0 Å². The summed E-state index contributed by atoms with van der Waals surface area (Å²) in [4.78, 5) is 0. The SMILES string of the molecule is C[SiH2]C(=CO[SiH2][CH2][Po][O][Si](C)(C)CCCO)O[SiH2][CH2][Po][O][Si](C)(C)CCCO. The first-order valence-electron chi connectivity index (χ1n) is 10.0. The second kappa shape index (κ2) is 18.6. The number of aliphatic hydroxyl groups is 2. The van der Waals surface area contributed by atoms with Crippen LogP contribution in [-0.2, 0) is 13.8 Å². The Labute approximate surface area is 205 Å². The topological polar surface area (TPSA) is 77.4 Å². The second-order valence-corrected chi connectivity index (χ2v) is 34.9. The summed E-state index contributed by atoms with van der Waals surface area (Å²) in [7, 11) is -4.40. The van der Waals surface area contributed by atoms with Gasteiger partial charge < -0.3 is 0 Å². The molecule has 28 heavy (non-hydrogen) atoms. The predicted molar refractivity (Wildman–Crippen MR) is 133 cm³/mol. The average molecular weight is 875 g/mol. The Morgan fingerprint density at radius 1 is 0.893 bits per heavy atom. The molecule has 0 bridgehead atoms. The van der Waals surface area contributed by atoms with Gasteiger partial charge in [-0.1, -0.05) is 0 Å². The molecule has 0 aromatic heterocycles. The van der Waals surface area contributed by atoms with E-state index in [1.54, 1.807) is 0 Å². The fraction of sp³-hybridized carbons (Fsp3) is 0.867. The van der Waals surface area contributed by atoms with Crippen molar-refractivity contribution >= 4 is 93.7 Å². The van der Waals surface area contributed by atoms with Crippen molar-refractivity contribution in [1.29, 1.82) is 0 Å². The predicted octanol–water partition coefficient (Wildman–Crippen LogP) is 0.401. The van der Waals surface area contributed by atoms with Crippen LogP contribution in [0.15, 0.2) is 11.6 Å². The monoisotopic (exact) mass is 874 g/mol. The van der Waals surface area contributed by atoms with E-state index in [2.05, 4.69) is 32.7 Å². The van der Waals surface area contributed by atoms with E-state index < -0.39 is 84.2 Å². The molecule has 0 heterocycles. The third-order valence-corrected chi connectivity index (χ3v) is 32.2. The molecule has 0 rings (SSSR count). The Kier molecular flexibility index (Phi) is 20.0. The van der Waals surface area contributed by atoms with Crippen molar-refractivity contribution in [2.75, 3.05) is 13.2 Å². The molecular weight excluding hydrogens is 835 g/mol. The Morgan fingerprint density at radius 2 is 1.39 bits per heavy atom. The van der Waals surface area contributed by atoms with Crippen LogP contribution in [0.2, 0.25) is 52.2 Å². The van der Waals surface area contributed by atoms with Gasteiger partial charge in [-0.2, -0.15) is 0 Å². The van der Waals surface area contributed by atoms with Crippen LogP contribution in [0.3, 0.4) is 0 Å². The fourth-order valence-corrected chi connectivity index (χ4v) is 27.3. The summed E-state index contributed by atoms with van der Waals surface area (Å²) in [5, 5.41) is 19.0. The number of aliphatic hydroxyl groups excluding tert-OH is 2. The first-order valence-corrected chi connectivity index (χ1v) is 28.6. The molecule has 6 nitrogen and oxygen atoms in total. The molecule has 0 unspecified atom stereocenters. The van der Waals surface area contributed by atoms with E-state index in [0.29, 0.717) is 0 Å². The van der Waals surface area contributed by atoms with Gasteiger partial charge in [-0.25, -0.2) is 0 Å². The molecule has 0 saturated heterocycles. The van der Waals surface area contributed by atoms with Gasteiger partial charge in [0.2, 0.25) is 0 Å². The van der Waals surface area contributed by atoms with Gasteiger partial charge in [-0.15, -0.1) is 0 Å². The maximum atomic E-state index is 8.96. The minimum absolute atomic E-state index is 0.276. The van der Waals surface area contributed by atoms with E-state index >= 15 is 0 Å². The third-order valence-electron chi connectivity index (χ3n) is 3.74. The van der Waals surface area contributed by atoms with Gasteiger partial charge in [-0.05, 0) is 0 Å². The minimum atomic E-state index is -1.53. The van der Waals surface area contributed by atoms with E-state index in [1.165, 1.54) is 7.41 Å². The zero-order valence-electron chi connectivity index (χ0n) is 18.2. The molecule has 0 spiro atoms. The van der Waals surface area contributed by atoms with Crippen molar-refractivity contribution in [3.05, 3.63) is 11.6 Å². The molecule has 0 aromatic rings. The van der Waals surface area contributed by atoms with Gasteiger partial charge in [-0.3, -0.25) is 0 Å². The van der Waals surface area contributed by atoms with Crippen molar-refractivity contribution in [2.45, 2.75) is 65.1 Å². The van der Waals surface area contributed by atoms with Crippen LogP contribution in [0.4, 0.5) is 0 Å². The van der Waals surface area contributed by atoms with Gasteiger partial charge >= 0.3 is 208 Å². The van der Waals surface area contributed by atoms with Crippen molar-refractivity contribution in [1.82, 2.24) is 0 Å². The van der Waals surface area contributed by atoms with E-state index in [9.17, 15) is 0 Å². The number of rotatable bonds is 19. The molecule has 0 aromatic carbocycles. The summed E-state index contributed by atoms with van der Waals surface area (Å²) in [6.45, 7) is 11.8. The summed E-state index contributed by atoms with van der Waals surface area (Å²) in [6, 6.07) is 2.12. The van der Waals surface area contributed by atoms with Gasteiger partial charge in [0.05, 0.1) is 0 Å². The molecule has 0 saturated carbocycles. The zero-order valence-corrected chi connectivity index (χ0v) is 30.8. The van der Waals surface area contributed by atoms with E-state index in [0.717, 1.165) is 30.3 Å². The van der Waals surface area contributed by atoms with Crippen molar-refractivity contribution in [3.8, 4) is 0 Å². The third kappa shape index (κ3) is 18.8. The standard InChI is InChI=1S/C5H14O2Si3.2C5H13O2Si.2Po/c1-8-5(7-10-3)4-6-9-2;2*1-8(2,7)5-3-4-6;;/h4H,2-3,8-10H2,1H3;2*6H,3-5H2,1-2H3;;/q;2*-1;2*+1. The molecule has 168 valence electrons. The van der Waals surface area contributed by atoms with Crippen LogP contribution >= 0.6 is 0 Å². The van der Waals surface area contributed by atoms with Crippen molar-refractivity contribution in [2.24, 2.45) is 0 Å². The van der Waals surface area contributed by atoms with Crippen LogP contribution in [-0.4, -0.2) is 117 Å². The number of hydrogen-bond acceptors (Lipinski definition) is 6. The Bertz CT molecular complexity index is 418. The zero-order chi connectivity index (χ0) is 21.3. The molecule has 0 aliphatic rings. The normalized spacial score (nSPS) is 14.3. The summed E-state index contributed by atoms with van der Waals surface area (Å²) < 4.78 is 26.7. The van der Waals surface area contributed by atoms with Gasteiger partial charge in [0.25, 0.3) is 0 Å². The fourth-order valence-electron chi connectivity index (χ4n) is 2.16. The average Bonchev–Trinajstić information content (AvgIpc) is 2.65. The molecule has 0 fully saturated rings. The molecule has 0 aliphatic carbocycles. The van der Waals surface area contributed by atoms with E-state index in [1.807, 2.05) is 6.26 Å². The molecule has 13 heteroatoms. The van der Waals surface area contributed by atoms with Gasteiger partial charge in [0.1, 0.15) is 0 Å².